The van der Waals surface area contributed by atoms with Crippen molar-refractivity contribution in [3.63, 3.8) is 0 Å². The SMILES string of the molecule is CC1SCCC1N1CCCC2(CCCNC2)C1. The Morgan fingerprint density at radius 1 is 1.29 bits per heavy atom. The molecule has 0 aromatic carbocycles. The van der Waals surface area contributed by atoms with Crippen molar-refractivity contribution in [1.82, 2.24) is 10.2 Å². The van der Waals surface area contributed by atoms with Gasteiger partial charge in [-0.15, -0.1) is 0 Å². The number of nitrogens with one attached hydrogen (secondary N) is 1. The van der Waals surface area contributed by atoms with Crippen LogP contribution in [0, 0.1) is 5.41 Å². The van der Waals surface area contributed by atoms with Crippen LogP contribution in [0.5, 0.6) is 0 Å². The molecule has 3 fully saturated rings. The summed E-state index contributed by atoms with van der Waals surface area (Å²) in [7, 11) is 0. The topological polar surface area (TPSA) is 15.3 Å². The van der Waals surface area contributed by atoms with Gasteiger partial charge in [0.1, 0.15) is 0 Å². The van der Waals surface area contributed by atoms with Gasteiger partial charge >= 0.3 is 0 Å². The van der Waals surface area contributed by atoms with Crippen molar-refractivity contribution in [2.45, 2.75) is 50.3 Å². The summed E-state index contributed by atoms with van der Waals surface area (Å²) in [5.41, 5.74) is 0.628. The summed E-state index contributed by atoms with van der Waals surface area (Å²) in [5, 5.41) is 4.50. The van der Waals surface area contributed by atoms with E-state index in [2.05, 4.69) is 28.9 Å². The lowest BCUT2D eigenvalue weighted by atomic mass is 9.74. The minimum absolute atomic E-state index is 0.628. The number of rotatable bonds is 1. The van der Waals surface area contributed by atoms with Crippen molar-refractivity contribution in [2.24, 2.45) is 5.41 Å². The first-order valence-electron chi connectivity index (χ1n) is 7.36. The molecule has 0 aromatic heterocycles. The highest BCUT2D eigenvalue weighted by Crippen LogP contribution is 2.39. The molecule has 1 N–H and O–H groups in total. The Hall–Kier alpha value is 0.270. The molecule has 3 rings (SSSR count). The smallest absolute Gasteiger partial charge is 0.0220 e. The van der Waals surface area contributed by atoms with Gasteiger partial charge in [-0.3, -0.25) is 4.90 Å². The lowest BCUT2D eigenvalue weighted by molar-refractivity contribution is 0.0386. The Morgan fingerprint density at radius 3 is 2.88 bits per heavy atom. The average molecular weight is 254 g/mol. The predicted octanol–water partition coefficient (Wildman–Crippen LogP) is 2.35. The molecular weight excluding hydrogens is 228 g/mol. The number of hydrogen-bond acceptors (Lipinski definition) is 3. The molecule has 3 atom stereocenters. The van der Waals surface area contributed by atoms with E-state index in [-0.39, 0.29) is 0 Å². The van der Waals surface area contributed by atoms with Gasteiger partial charge in [-0.05, 0) is 56.4 Å². The number of thioether (sulfide) groups is 1. The van der Waals surface area contributed by atoms with Crippen LogP contribution in [0.15, 0.2) is 0 Å². The van der Waals surface area contributed by atoms with Gasteiger partial charge in [-0.25, -0.2) is 0 Å². The Labute approximate surface area is 110 Å². The molecule has 3 aliphatic heterocycles. The van der Waals surface area contributed by atoms with Crippen molar-refractivity contribution >= 4 is 11.8 Å². The number of hydrogen-bond donors (Lipinski definition) is 1. The van der Waals surface area contributed by atoms with Crippen LogP contribution in [0.2, 0.25) is 0 Å². The molecule has 2 nitrogen and oxygen atoms in total. The zero-order valence-electron chi connectivity index (χ0n) is 11.1. The van der Waals surface area contributed by atoms with Crippen LogP contribution in [0.1, 0.15) is 39.0 Å². The molecular formula is C14H26N2S. The summed E-state index contributed by atoms with van der Waals surface area (Å²) in [4.78, 5) is 2.83. The maximum absolute atomic E-state index is 3.64. The van der Waals surface area contributed by atoms with Gasteiger partial charge in [0, 0.05) is 24.4 Å². The van der Waals surface area contributed by atoms with Gasteiger partial charge in [-0.1, -0.05) is 6.92 Å². The zero-order chi connectivity index (χ0) is 11.7. The second-order valence-electron chi connectivity index (χ2n) is 6.29. The molecule has 0 saturated carbocycles. The summed E-state index contributed by atoms with van der Waals surface area (Å²) in [6.45, 7) is 7.69. The van der Waals surface area contributed by atoms with Crippen LogP contribution in [0.3, 0.4) is 0 Å². The third-order valence-corrected chi connectivity index (χ3v) is 6.37. The van der Waals surface area contributed by atoms with E-state index in [0.29, 0.717) is 5.41 Å². The summed E-state index contributed by atoms with van der Waals surface area (Å²) >= 11 is 2.18. The first-order chi connectivity index (χ1) is 8.29. The Kier molecular flexibility index (Phi) is 3.69. The first-order valence-corrected chi connectivity index (χ1v) is 8.40. The number of likely N-dealkylation sites (tertiary alicyclic amines) is 1. The number of nitrogens with zero attached hydrogens (tertiary/aromatic N) is 1. The van der Waals surface area contributed by atoms with E-state index in [1.54, 1.807) is 0 Å². The fraction of sp³-hybridized carbons (Fsp3) is 1.00. The van der Waals surface area contributed by atoms with Crippen LogP contribution in [-0.2, 0) is 0 Å². The van der Waals surface area contributed by atoms with Crippen molar-refractivity contribution in [2.75, 3.05) is 31.9 Å². The van der Waals surface area contributed by atoms with Gasteiger partial charge in [0.25, 0.3) is 0 Å². The maximum Gasteiger partial charge on any atom is 0.0220 e. The summed E-state index contributed by atoms with van der Waals surface area (Å²) < 4.78 is 0. The zero-order valence-corrected chi connectivity index (χ0v) is 11.9. The van der Waals surface area contributed by atoms with E-state index in [4.69, 9.17) is 0 Å². The molecule has 3 aliphatic rings. The van der Waals surface area contributed by atoms with Crippen molar-refractivity contribution in [3.05, 3.63) is 0 Å². The van der Waals surface area contributed by atoms with E-state index in [1.165, 1.54) is 64.0 Å². The lowest BCUT2D eigenvalue weighted by Crippen LogP contribution is -2.54. The van der Waals surface area contributed by atoms with Crippen LogP contribution in [0.25, 0.3) is 0 Å². The van der Waals surface area contributed by atoms with Gasteiger partial charge in [0.15, 0.2) is 0 Å². The molecule has 0 amide bonds. The molecule has 0 radical (unpaired) electrons. The standard InChI is InChI=1S/C14H26N2S/c1-12-13(4-9-17-12)16-8-3-6-14(11-16)5-2-7-15-10-14/h12-13,15H,2-11H2,1H3. The van der Waals surface area contributed by atoms with Crippen LogP contribution in [0.4, 0.5) is 0 Å². The molecule has 0 aromatic rings. The van der Waals surface area contributed by atoms with Gasteiger partial charge in [-0.2, -0.15) is 11.8 Å². The third kappa shape index (κ3) is 2.52. The van der Waals surface area contributed by atoms with E-state index < -0.39 is 0 Å². The fourth-order valence-corrected chi connectivity index (χ4v) is 5.39. The molecule has 98 valence electrons. The van der Waals surface area contributed by atoms with E-state index >= 15 is 0 Å². The largest absolute Gasteiger partial charge is 0.316 e. The Bertz CT molecular complexity index is 257. The molecule has 1 spiro atoms. The van der Waals surface area contributed by atoms with Gasteiger partial charge in [0.2, 0.25) is 0 Å². The Morgan fingerprint density at radius 2 is 2.18 bits per heavy atom. The molecule has 0 aliphatic carbocycles. The average Bonchev–Trinajstić information content (AvgIpc) is 2.77. The van der Waals surface area contributed by atoms with E-state index in [0.717, 1.165) is 11.3 Å². The summed E-state index contributed by atoms with van der Waals surface area (Å²) in [6, 6.07) is 0.874. The minimum Gasteiger partial charge on any atom is -0.316 e. The highest BCUT2D eigenvalue weighted by atomic mass is 32.2. The molecule has 3 unspecified atom stereocenters. The fourth-order valence-electron chi connectivity index (χ4n) is 4.11. The normalized spacial score (nSPS) is 44.3. The molecule has 3 heterocycles. The molecule has 0 bridgehead atoms. The quantitative estimate of drug-likeness (QED) is 0.773. The van der Waals surface area contributed by atoms with Crippen molar-refractivity contribution < 1.29 is 0 Å². The van der Waals surface area contributed by atoms with Gasteiger partial charge < -0.3 is 5.32 Å². The molecule has 3 saturated heterocycles. The predicted molar refractivity (Wildman–Crippen MR) is 75.7 cm³/mol. The van der Waals surface area contributed by atoms with Crippen molar-refractivity contribution in [3.8, 4) is 0 Å². The highest BCUT2D eigenvalue weighted by Gasteiger charge is 2.40. The highest BCUT2D eigenvalue weighted by molar-refractivity contribution is 8.00. The molecule has 17 heavy (non-hydrogen) atoms. The van der Waals surface area contributed by atoms with Crippen LogP contribution < -0.4 is 5.32 Å². The van der Waals surface area contributed by atoms with E-state index in [9.17, 15) is 0 Å². The summed E-state index contributed by atoms with van der Waals surface area (Å²) in [5.74, 6) is 1.38. The van der Waals surface area contributed by atoms with Crippen LogP contribution >= 0.6 is 11.8 Å². The Balaban J connectivity index is 1.66. The molecule has 3 heteroatoms. The second-order valence-corrected chi connectivity index (χ2v) is 7.77. The second kappa shape index (κ2) is 5.10. The first kappa shape index (κ1) is 12.3. The monoisotopic (exact) mass is 254 g/mol. The van der Waals surface area contributed by atoms with Crippen LogP contribution in [-0.4, -0.2) is 48.1 Å². The maximum atomic E-state index is 3.64. The van der Waals surface area contributed by atoms with Crippen molar-refractivity contribution in [1.29, 1.82) is 0 Å². The van der Waals surface area contributed by atoms with Gasteiger partial charge in [0.05, 0.1) is 0 Å². The number of piperidine rings is 2. The summed E-state index contributed by atoms with van der Waals surface area (Å²) in [6.07, 6.45) is 7.17. The minimum atomic E-state index is 0.628. The lowest BCUT2D eigenvalue weighted by Gasteiger charge is -2.48. The van der Waals surface area contributed by atoms with E-state index in [1.807, 2.05) is 0 Å². The third-order valence-electron chi connectivity index (χ3n) is 5.06.